The number of halogens is 3. The second-order valence-corrected chi connectivity index (χ2v) is 10.2. The number of hydrogen-bond donors (Lipinski definition) is 2. The van der Waals surface area contributed by atoms with Crippen molar-refractivity contribution < 1.29 is 17.6 Å². The summed E-state index contributed by atoms with van der Waals surface area (Å²) in [4.78, 5) is 12.0. The molecule has 0 radical (unpaired) electrons. The van der Waals surface area contributed by atoms with Crippen LogP contribution in [0, 0.1) is 17.7 Å². The number of rotatable bonds is 5. The zero-order valence-corrected chi connectivity index (χ0v) is 18.9. The molecule has 1 aliphatic rings. The summed E-state index contributed by atoms with van der Waals surface area (Å²) < 4.78 is 42.8. The summed E-state index contributed by atoms with van der Waals surface area (Å²) in [7, 11) is -4.13. The highest BCUT2D eigenvalue weighted by Crippen LogP contribution is 2.31. The zero-order valence-electron chi connectivity index (χ0n) is 16.6. The lowest BCUT2D eigenvalue weighted by molar-refractivity contribution is 0.102. The number of amides is 1. The third-order valence-electron chi connectivity index (χ3n) is 5.67. The van der Waals surface area contributed by atoms with Crippen LogP contribution in [0.5, 0.6) is 0 Å². The smallest absolute Gasteiger partial charge is 0.255 e. The Morgan fingerprint density at radius 3 is 2.50 bits per heavy atom. The highest BCUT2D eigenvalue weighted by molar-refractivity contribution is 7.89. The van der Waals surface area contributed by atoms with Crippen LogP contribution >= 0.6 is 23.2 Å². The molecule has 30 heavy (non-hydrogen) atoms. The van der Waals surface area contributed by atoms with Gasteiger partial charge < -0.3 is 5.32 Å². The van der Waals surface area contributed by atoms with Crippen LogP contribution in [0.4, 0.5) is 10.1 Å². The van der Waals surface area contributed by atoms with E-state index in [0.717, 1.165) is 25.0 Å². The van der Waals surface area contributed by atoms with Crippen LogP contribution < -0.4 is 10.0 Å². The molecule has 1 amide bonds. The molecule has 3 atom stereocenters. The summed E-state index contributed by atoms with van der Waals surface area (Å²) in [6, 6.07) is 7.53. The maximum atomic E-state index is 14.4. The first kappa shape index (κ1) is 23.0. The first-order valence-electron chi connectivity index (χ1n) is 9.67. The number of carbonyl (C=O) groups is 1. The maximum absolute atomic E-state index is 14.4. The van der Waals surface area contributed by atoms with Gasteiger partial charge in [-0.25, -0.2) is 17.5 Å². The summed E-state index contributed by atoms with van der Waals surface area (Å²) in [5.41, 5.74) is 0.388. The molecule has 2 aromatic rings. The fraction of sp³-hybridized carbons (Fsp3) is 0.381. The molecule has 1 fully saturated rings. The van der Waals surface area contributed by atoms with Gasteiger partial charge in [-0.15, -0.1) is 0 Å². The van der Waals surface area contributed by atoms with Crippen LogP contribution in [0.2, 0.25) is 10.0 Å². The molecule has 0 spiro atoms. The van der Waals surface area contributed by atoms with E-state index in [1.165, 1.54) is 18.2 Å². The van der Waals surface area contributed by atoms with E-state index in [4.69, 9.17) is 23.2 Å². The van der Waals surface area contributed by atoms with Crippen molar-refractivity contribution in [2.75, 3.05) is 5.32 Å². The minimum absolute atomic E-state index is 0.00732. The molecule has 3 rings (SSSR count). The zero-order chi connectivity index (χ0) is 22.1. The molecule has 0 bridgehead atoms. The molecule has 2 aromatic carbocycles. The molecule has 9 heteroatoms. The van der Waals surface area contributed by atoms with Crippen molar-refractivity contribution in [3.8, 4) is 0 Å². The molecular weight excluding hydrogens is 450 g/mol. The third kappa shape index (κ3) is 5.14. The standard InChI is InChI=1S/C21H23Cl2FN2O3S/c1-12-4-3-5-19(13(12)2)26-30(28,29)20-10-14(6-9-18(20)24)21(27)25-15-7-8-16(22)17(23)11-15/h6-13,19,26H,3-5H2,1-2H3,(H,25,27)/t12-,13+,19-/m1/s1. The number of sulfonamides is 1. The fourth-order valence-corrected chi connectivity index (χ4v) is 5.40. The largest absolute Gasteiger partial charge is 0.322 e. The Morgan fingerprint density at radius 1 is 1.07 bits per heavy atom. The molecule has 162 valence electrons. The molecule has 2 N–H and O–H groups in total. The molecule has 5 nitrogen and oxygen atoms in total. The summed E-state index contributed by atoms with van der Waals surface area (Å²) >= 11 is 11.8. The van der Waals surface area contributed by atoms with Gasteiger partial charge >= 0.3 is 0 Å². The molecule has 0 unspecified atom stereocenters. The van der Waals surface area contributed by atoms with E-state index >= 15 is 0 Å². The summed E-state index contributed by atoms with van der Waals surface area (Å²) in [5.74, 6) is -0.994. The average Bonchev–Trinajstić information content (AvgIpc) is 2.68. The van der Waals surface area contributed by atoms with Gasteiger partial charge in [-0.05, 0) is 54.7 Å². The van der Waals surface area contributed by atoms with E-state index in [0.29, 0.717) is 23.0 Å². The van der Waals surface area contributed by atoms with Crippen LogP contribution in [0.3, 0.4) is 0 Å². The van der Waals surface area contributed by atoms with Crippen LogP contribution in [-0.4, -0.2) is 20.4 Å². The number of anilines is 1. The molecule has 0 aromatic heterocycles. The van der Waals surface area contributed by atoms with Crippen molar-refractivity contribution in [2.45, 2.75) is 44.0 Å². The van der Waals surface area contributed by atoms with E-state index in [2.05, 4.69) is 17.0 Å². The van der Waals surface area contributed by atoms with Crippen LogP contribution in [0.1, 0.15) is 43.5 Å². The summed E-state index contributed by atoms with van der Waals surface area (Å²) in [6.07, 6.45) is 2.65. The predicted octanol–water partition coefficient (Wildman–Crippen LogP) is 5.49. The van der Waals surface area contributed by atoms with Crippen molar-refractivity contribution in [3.05, 3.63) is 57.8 Å². The Balaban J connectivity index is 1.83. The lowest BCUT2D eigenvalue weighted by atomic mass is 9.78. The van der Waals surface area contributed by atoms with E-state index in [1.807, 2.05) is 6.92 Å². The Hall–Kier alpha value is -1.67. The molecular formula is C21H23Cl2FN2O3S. The van der Waals surface area contributed by atoms with Crippen molar-refractivity contribution in [2.24, 2.45) is 11.8 Å². The van der Waals surface area contributed by atoms with Crippen molar-refractivity contribution >= 4 is 44.8 Å². The second kappa shape index (κ2) is 9.22. The first-order valence-corrected chi connectivity index (χ1v) is 11.9. The third-order valence-corrected chi connectivity index (χ3v) is 7.92. The Morgan fingerprint density at radius 2 is 1.80 bits per heavy atom. The topological polar surface area (TPSA) is 75.3 Å². The molecule has 1 aliphatic carbocycles. The predicted molar refractivity (Wildman–Crippen MR) is 117 cm³/mol. The SMILES string of the molecule is C[C@H]1[C@H](C)CCC[C@H]1NS(=O)(=O)c1cc(C(=O)Nc2ccc(Cl)c(Cl)c2)ccc1F. The van der Waals surface area contributed by atoms with E-state index < -0.39 is 26.6 Å². The van der Waals surface area contributed by atoms with Gasteiger partial charge in [0.25, 0.3) is 5.91 Å². The Labute approximate surface area is 186 Å². The van der Waals surface area contributed by atoms with Crippen molar-refractivity contribution in [3.63, 3.8) is 0 Å². The molecule has 0 heterocycles. The Bertz CT molecular complexity index is 1060. The van der Waals surface area contributed by atoms with Gasteiger partial charge in [0.2, 0.25) is 10.0 Å². The van der Waals surface area contributed by atoms with Crippen LogP contribution in [0.25, 0.3) is 0 Å². The molecule has 0 aliphatic heterocycles. The van der Waals surface area contributed by atoms with Crippen LogP contribution in [0.15, 0.2) is 41.3 Å². The highest BCUT2D eigenvalue weighted by Gasteiger charge is 2.32. The van der Waals surface area contributed by atoms with Gasteiger partial charge in [0.05, 0.1) is 10.0 Å². The van der Waals surface area contributed by atoms with Crippen molar-refractivity contribution in [1.82, 2.24) is 4.72 Å². The lowest BCUT2D eigenvalue weighted by Crippen LogP contribution is -2.43. The number of carbonyl (C=O) groups excluding carboxylic acids is 1. The summed E-state index contributed by atoms with van der Waals surface area (Å²) in [6.45, 7) is 4.08. The van der Waals surface area contributed by atoms with E-state index in [9.17, 15) is 17.6 Å². The fourth-order valence-electron chi connectivity index (χ4n) is 3.64. The first-order chi connectivity index (χ1) is 14.1. The van der Waals surface area contributed by atoms with E-state index in [-0.39, 0.29) is 22.5 Å². The highest BCUT2D eigenvalue weighted by atomic mass is 35.5. The normalized spacial score (nSPS) is 22.0. The van der Waals surface area contributed by atoms with Gasteiger partial charge in [-0.2, -0.15) is 0 Å². The van der Waals surface area contributed by atoms with Gasteiger partial charge in [0.15, 0.2) is 0 Å². The van der Waals surface area contributed by atoms with Crippen LogP contribution in [-0.2, 0) is 10.0 Å². The van der Waals surface area contributed by atoms with Crippen molar-refractivity contribution in [1.29, 1.82) is 0 Å². The average molecular weight is 473 g/mol. The van der Waals surface area contributed by atoms with Gasteiger partial charge in [-0.1, -0.05) is 49.9 Å². The quantitative estimate of drug-likeness (QED) is 0.603. The molecule has 1 saturated carbocycles. The van der Waals surface area contributed by atoms with Gasteiger partial charge in [0, 0.05) is 17.3 Å². The lowest BCUT2D eigenvalue weighted by Gasteiger charge is -2.34. The van der Waals surface area contributed by atoms with Gasteiger partial charge in [0.1, 0.15) is 10.7 Å². The van der Waals surface area contributed by atoms with Gasteiger partial charge in [-0.3, -0.25) is 4.79 Å². The summed E-state index contributed by atoms with van der Waals surface area (Å²) in [5, 5.41) is 3.20. The minimum atomic E-state index is -4.13. The second-order valence-electron chi connectivity index (χ2n) is 7.72. The number of hydrogen-bond acceptors (Lipinski definition) is 3. The number of nitrogens with one attached hydrogen (secondary N) is 2. The van der Waals surface area contributed by atoms with E-state index in [1.54, 1.807) is 6.07 Å². The molecule has 0 saturated heterocycles. The monoisotopic (exact) mass is 472 g/mol. The maximum Gasteiger partial charge on any atom is 0.255 e. The Kier molecular flexibility index (Phi) is 7.07. The minimum Gasteiger partial charge on any atom is -0.322 e. The number of benzene rings is 2.